The second-order valence-corrected chi connectivity index (χ2v) is 10.8. The summed E-state index contributed by atoms with van der Waals surface area (Å²) in [7, 11) is -4.36. The van der Waals surface area contributed by atoms with E-state index >= 15 is 0 Å². The van der Waals surface area contributed by atoms with E-state index in [0.717, 1.165) is 0 Å². The molecule has 0 spiro atoms. The number of rotatable bonds is 6. The maximum atomic E-state index is 12.4. The molecule has 1 aliphatic heterocycles. The zero-order chi connectivity index (χ0) is 29.6. The Hall–Kier alpha value is -5.45. The van der Waals surface area contributed by atoms with Crippen molar-refractivity contribution in [3.05, 3.63) is 119 Å². The molecule has 2 aliphatic rings. The number of carboxylic acids is 1. The minimum atomic E-state index is -4.36. The second kappa shape index (κ2) is 10.2. The van der Waals surface area contributed by atoms with Gasteiger partial charge in [0.2, 0.25) is 0 Å². The van der Waals surface area contributed by atoms with Crippen LogP contribution in [0.3, 0.4) is 0 Å². The highest BCUT2D eigenvalue weighted by Gasteiger charge is 2.23. The maximum Gasteiger partial charge on any atom is 0.336 e. The minimum Gasteiger partial charge on any atom is -0.508 e. The molecule has 0 saturated carbocycles. The van der Waals surface area contributed by atoms with Crippen molar-refractivity contribution in [3.8, 4) is 50.8 Å². The van der Waals surface area contributed by atoms with Crippen LogP contribution in [0.4, 0.5) is 0 Å². The van der Waals surface area contributed by atoms with E-state index in [1.165, 1.54) is 60.7 Å². The molecule has 0 radical (unpaired) electrons. The summed E-state index contributed by atoms with van der Waals surface area (Å²) in [6.07, 6.45) is 0. The topological polar surface area (TPSA) is 151 Å². The predicted molar refractivity (Wildman–Crippen MR) is 155 cm³/mol. The Morgan fingerprint density at radius 3 is 2.29 bits per heavy atom. The van der Waals surface area contributed by atoms with E-state index in [1.807, 2.05) is 0 Å². The first-order valence-electron chi connectivity index (χ1n) is 12.5. The van der Waals surface area contributed by atoms with Crippen molar-refractivity contribution in [2.24, 2.45) is 0 Å². The Labute approximate surface area is 238 Å². The fraction of sp³-hybridized carbons (Fsp3) is 0. The van der Waals surface area contributed by atoms with Crippen LogP contribution in [0, 0.1) is 0 Å². The smallest absolute Gasteiger partial charge is 0.336 e. The monoisotopic (exact) mass is 580 g/mol. The summed E-state index contributed by atoms with van der Waals surface area (Å²) in [4.78, 5) is 24.2. The van der Waals surface area contributed by atoms with Crippen LogP contribution in [-0.4, -0.2) is 29.2 Å². The number of ether oxygens (including phenoxy) is 1. The summed E-state index contributed by atoms with van der Waals surface area (Å²) >= 11 is 0. The van der Waals surface area contributed by atoms with Crippen molar-refractivity contribution in [2.75, 3.05) is 0 Å². The van der Waals surface area contributed by atoms with Crippen LogP contribution < -0.4 is 10.2 Å². The van der Waals surface area contributed by atoms with Gasteiger partial charge in [0, 0.05) is 39.8 Å². The fourth-order valence-corrected chi connectivity index (χ4v) is 5.34. The number of benzene rings is 5. The molecule has 208 valence electrons. The van der Waals surface area contributed by atoms with Gasteiger partial charge in [-0.15, -0.1) is 0 Å². The molecule has 1 heterocycles. The molecule has 4 aromatic rings. The van der Waals surface area contributed by atoms with Crippen molar-refractivity contribution in [1.29, 1.82) is 0 Å². The molecule has 0 bridgehead atoms. The van der Waals surface area contributed by atoms with Crippen LogP contribution in [0.15, 0.2) is 117 Å². The number of phenolic OH excluding ortho intramolecular Hbond substituents is 1. The summed E-state index contributed by atoms with van der Waals surface area (Å²) < 4.78 is 44.4. The van der Waals surface area contributed by atoms with Crippen molar-refractivity contribution in [1.82, 2.24) is 0 Å². The summed E-state index contributed by atoms with van der Waals surface area (Å²) in [5, 5.41) is 20.7. The lowest BCUT2D eigenvalue weighted by Crippen LogP contribution is -2.04. The van der Waals surface area contributed by atoms with Crippen molar-refractivity contribution < 1.29 is 37.1 Å². The summed E-state index contributed by atoms with van der Waals surface area (Å²) in [6.45, 7) is 0. The van der Waals surface area contributed by atoms with Gasteiger partial charge in [-0.3, -0.25) is 9.35 Å². The minimum absolute atomic E-state index is 0.0236. The summed E-state index contributed by atoms with van der Waals surface area (Å²) in [5.41, 5.74) is 2.44. The lowest BCUT2D eigenvalue weighted by molar-refractivity contribution is 0.0697. The van der Waals surface area contributed by atoms with Gasteiger partial charge < -0.3 is 19.4 Å². The van der Waals surface area contributed by atoms with Crippen molar-refractivity contribution in [2.45, 2.75) is 4.90 Å². The average Bonchev–Trinajstić information content (AvgIpc) is 2.95. The van der Waals surface area contributed by atoms with Gasteiger partial charge in [0.05, 0.1) is 10.5 Å². The van der Waals surface area contributed by atoms with Crippen LogP contribution >= 0.6 is 0 Å². The molecule has 0 aromatic heterocycles. The van der Waals surface area contributed by atoms with Gasteiger partial charge in [-0.1, -0.05) is 30.3 Å². The van der Waals surface area contributed by atoms with Crippen LogP contribution in [0.25, 0.3) is 44.5 Å². The highest BCUT2D eigenvalue weighted by molar-refractivity contribution is 7.85. The molecule has 0 atom stereocenters. The molecule has 9 nitrogen and oxygen atoms in total. The number of hydrogen-bond acceptors (Lipinski definition) is 7. The first kappa shape index (κ1) is 26.8. The highest BCUT2D eigenvalue weighted by atomic mass is 32.2. The zero-order valence-electron chi connectivity index (χ0n) is 21.5. The molecule has 6 rings (SSSR count). The quantitative estimate of drug-likeness (QED) is 0.145. The van der Waals surface area contributed by atoms with Gasteiger partial charge >= 0.3 is 5.97 Å². The standard InChI is InChI=1S/C32H20O9S/c33-19-7-12-25-29(15-19)41-30-16-20(34)8-13-26(30)31(25)27-17-21(9-14-24(27)32(35)36)40-28-4-2-1-3-23(28)18-5-10-22(11-6-18)42(37,38)39/h1-17,33H,(H,35,36)(H,37,38,39). The largest absolute Gasteiger partial charge is 0.508 e. The van der Waals surface area contributed by atoms with Gasteiger partial charge in [-0.05, 0) is 66.2 Å². The van der Waals surface area contributed by atoms with E-state index in [-0.39, 0.29) is 33.0 Å². The van der Waals surface area contributed by atoms with Crippen LogP contribution in [0.5, 0.6) is 17.2 Å². The molecule has 0 fully saturated rings. The molecular weight excluding hydrogens is 560 g/mol. The summed E-state index contributed by atoms with van der Waals surface area (Å²) in [5.74, 6) is -0.316. The molecule has 3 N–H and O–H groups in total. The number of fused-ring (bicyclic) bond motifs is 2. The van der Waals surface area contributed by atoms with Crippen LogP contribution in [0.2, 0.25) is 0 Å². The molecular formula is C32H20O9S. The molecule has 10 heteroatoms. The third kappa shape index (κ3) is 4.96. The van der Waals surface area contributed by atoms with Gasteiger partial charge in [-0.25, -0.2) is 4.79 Å². The number of aromatic hydroxyl groups is 1. The third-order valence-corrected chi connectivity index (χ3v) is 7.61. The van der Waals surface area contributed by atoms with E-state index in [9.17, 15) is 32.8 Å². The first-order valence-corrected chi connectivity index (χ1v) is 13.9. The number of carboxylic acid groups (broad SMARTS) is 1. The SMILES string of the molecule is O=C(O)c1ccc(Oc2ccccc2-c2ccc(S(=O)(=O)O)cc2)cc1-c1c2ccc(=O)cc-2oc2cc(O)ccc12. The highest BCUT2D eigenvalue weighted by Crippen LogP contribution is 2.44. The number of para-hydroxylation sites is 1. The van der Waals surface area contributed by atoms with E-state index in [1.54, 1.807) is 42.5 Å². The Balaban J connectivity index is 1.52. The Bertz CT molecular complexity index is 2150. The Morgan fingerprint density at radius 2 is 1.55 bits per heavy atom. The molecule has 1 aliphatic carbocycles. The normalized spacial score (nSPS) is 11.5. The lowest BCUT2D eigenvalue weighted by Gasteiger charge is -2.18. The number of phenols is 1. The Kier molecular flexibility index (Phi) is 6.49. The predicted octanol–water partition coefficient (Wildman–Crippen LogP) is 6.67. The fourth-order valence-electron chi connectivity index (χ4n) is 4.86. The zero-order valence-corrected chi connectivity index (χ0v) is 22.3. The van der Waals surface area contributed by atoms with Crippen LogP contribution in [0.1, 0.15) is 10.4 Å². The summed E-state index contributed by atoms with van der Waals surface area (Å²) in [6, 6.07) is 25.8. The van der Waals surface area contributed by atoms with Crippen molar-refractivity contribution in [3.63, 3.8) is 0 Å². The number of carbonyl (C=O) groups is 1. The van der Waals surface area contributed by atoms with Gasteiger partial charge in [0.25, 0.3) is 10.1 Å². The Morgan fingerprint density at radius 1 is 0.786 bits per heavy atom. The molecule has 0 amide bonds. The maximum absolute atomic E-state index is 12.4. The van der Waals surface area contributed by atoms with Crippen LogP contribution in [-0.2, 0) is 10.1 Å². The molecule has 0 unspecified atom stereocenters. The lowest BCUT2D eigenvalue weighted by atomic mass is 9.90. The number of hydrogen-bond donors (Lipinski definition) is 3. The number of aromatic carboxylic acids is 1. The van der Waals surface area contributed by atoms with E-state index < -0.39 is 16.1 Å². The van der Waals surface area contributed by atoms with Crippen molar-refractivity contribution >= 4 is 27.1 Å². The van der Waals surface area contributed by atoms with E-state index in [0.29, 0.717) is 44.7 Å². The van der Waals surface area contributed by atoms with Gasteiger partial charge in [-0.2, -0.15) is 8.42 Å². The van der Waals surface area contributed by atoms with E-state index in [4.69, 9.17) is 9.15 Å². The average molecular weight is 581 g/mol. The molecule has 4 aromatic carbocycles. The molecule has 0 saturated heterocycles. The first-order chi connectivity index (χ1) is 20.1. The molecule has 42 heavy (non-hydrogen) atoms. The van der Waals surface area contributed by atoms with Gasteiger partial charge in [0.1, 0.15) is 28.6 Å². The van der Waals surface area contributed by atoms with E-state index in [2.05, 4.69) is 0 Å². The third-order valence-electron chi connectivity index (χ3n) is 6.75. The second-order valence-electron chi connectivity index (χ2n) is 9.43. The van der Waals surface area contributed by atoms with Gasteiger partial charge in [0.15, 0.2) is 5.43 Å².